The van der Waals surface area contributed by atoms with Crippen LogP contribution in [0.15, 0.2) is 73.1 Å². The lowest BCUT2D eigenvalue weighted by Gasteiger charge is -2.34. The second kappa shape index (κ2) is 10.3. The van der Waals surface area contributed by atoms with E-state index in [1.54, 1.807) is 13.1 Å². The fourth-order valence-electron chi connectivity index (χ4n) is 5.49. The van der Waals surface area contributed by atoms with Crippen molar-refractivity contribution in [2.24, 2.45) is 5.92 Å². The van der Waals surface area contributed by atoms with Gasteiger partial charge in [-0.25, -0.2) is 15.0 Å². The number of carbonyl (C=O) groups is 1. The minimum absolute atomic E-state index is 0.255. The number of hydrogen-bond donors (Lipinski definition) is 2. The van der Waals surface area contributed by atoms with Crippen LogP contribution in [0.1, 0.15) is 44.3 Å². The van der Waals surface area contributed by atoms with Crippen molar-refractivity contribution in [2.75, 3.05) is 18.8 Å². The Morgan fingerprint density at radius 1 is 1.05 bits per heavy atom. The van der Waals surface area contributed by atoms with Crippen molar-refractivity contribution in [3.05, 3.63) is 78.9 Å². The van der Waals surface area contributed by atoms with Gasteiger partial charge in [-0.05, 0) is 57.3 Å². The molecular weight excluding hydrogens is 472 g/mol. The first kappa shape index (κ1) is 24.2. The van der Waals surface area contributed by atoms with E-state index in [1.807, 2.05) is 24.4 Å². The van der Waals surface area contributed by atoms with E-state index >= 15 is 0 Å². The number of carbonyl (C=O) groups excluding carboxylic acids is 1. The molecule has 1 aliphatic carbocycles. The zero-order valence-electron chi connectivity index (χ0n) is 21.6. The molecule has 3 N–H and O–H groups in total. The van der Waals surface area contributed by atoms with Crippen LogP contribution in [0.25, 0.3) is 38.9 Å². The molecule has 0 radical (unpaired) electrons. The number of imidazole rings is 1. The highest BCUT2D eigenvalue weighted by Crippen LogP contribution is 2.43. The molecule has 2 aromatic carbocycles. The molecule has 1 aliphatic rings. The standard InChI is InChI=1S/C31H32N6O/c1-20(38)6-5-13-33-19-21-16-25(17-21)31-36-28(29-30(32)34-14-15-37(29)31)24-10-9-23-11-12-26(35-27(23)18-24)22-7-3-2-4-8-22/h2-4,7-12,14-15,18,21,25,33H,5-6,13,16-17,19H2,1H3,(H2,32,34). The number of benzene rings is 2. The number of ketones is 1. The molecule has 0 bridgehead atoms. The van der Waals surface area contributed by atoms with E-state index in [0.29, 0.717) is 24.1 Å². The molecule has 192 valence electrons. The van der Waals surface area contributed by atoms with Gasteiger partial charge >= 0.3 is 0 Å². The summed E-state index contributed by atoms with van der Waals surface area (Å²) in [5, 5.41) is 4.59. The molecule has 0 unspecified atom stereocenters. The predicted octanol–water partition coefficient (Wildman–Crippen LogP) is 5.65. The lowest BCUT2D eigenvalue weighted by atomic mass is 9.74. The van der Waals surface area contributed by atoms with Gasteiger partial charge < -0.3 is 15.8 Å². The van der Waals surface area contributed by atoms with Gasteiger partial charge in [-0.2, -0.15) is 0 Å². The largest absolute Gasteiger partial charge is 0.382 e. The molecule has 3 aromatic heterocycles. The van der Waals surface area contributed by atoms with Crippen molar-refractivity contribution >= 4 is 28.0 Å². The van der Waals surface area contributed by atoms with Crippen molar-refractivity contribution in [3.8, 4) is 22.5 Å². The molecule has 38 heavy (non-hydrogen) atoms. The first-order chi connectivity index (χ1) is 18.6. The van der Waals surface area contributed by atoms with Crippen molar-refractivity contribution in [1.29, 1.82) is 0 Å². The Morgan fingerprint density at radius 3 is 2.68 bits per heavy atom. The maximum absolute atomic E-state index is 11.1. The van der Waals surface area contributed by atoms with Gasteiger partial charge in [0.1, 0.15) is 28.6 Å². The van der Waals surface area contributed by atoms with E-state index < -0.39 is 0 Å². The number of aromatic nitrogens is 4. The second-order valence-electron chi connectivity index (χ2n) is 10.4. The molecule has 0 amide bonds. The number of rotatable bonds is 9. The van der Waals surface area contributed by atoms with E-state index in [0.717, 1.165) is 77.1 Å². The first-order valence-corrected chi connectivity index (χ1v) is 13.4. The van der Waals surface area contributed by atoms with Crippen molar-refractivity contribution < 1.29 is 4.79 Å². The van der Waals surface area contributed by atoms with Crippen molar-refractivity contribution in [1.82, 2.24) is 24.7 Å². The van der Waals surface area contributed by atoms with Gasteiger partial charge in [-0.1, -0.05) is 48.5 Å². The van der Waals surface area contributed by atoms with Crippen LogP contribution in [0, 0.1) is 5.92 Å². The Bertz CT molecular complexity index is 1600. The monoisotopic (exact) mass is 504 g/mol. The summed E-state index contributed by atoms with van der Waals surface area (Å²) in [4.78, 5) is 25.6. The van der Waals surface area contributed by atoms with Crippen LogP contribution in [-0.4, -0.2) is 38.2 Å². The second-order valence-corrected chi connectivity index (χ2v) is 10.4. The van der Waals surface area contributed by atoms with Crippen molar-refractivity contribution in [3.63, 3.8) is 0 Å². The number of fused-ring (bicyclic) bond motifs is 2. The third kappa shape index (κ3) is 4.77. The fraction of sp³-hybridized carbons (Fsp3) is 0.290. The Balaban J connectivity index is 1.27. The maximum Gasteiger partial charge on any atom is 0.150 e. The molecule has 7 heteroatoms. The van der Waals surface area contributed by atoms with Gasteiger partial charge in [0.15, 0.2) is 0 Å². The molecule has 6 rings (SSSR count). The number of hydrogen-bond acceptors (Lipinski definition) is 6. The molecule has 0 aliphatic heterocycles. The average Bonchev–Trinajstić information content (AvgIpc) is 3.29. The van der Waals surface area contributed by atoms with Crippen LogP contribution in [0.3, 0.4) is 0 Å². The first-order valence-electron chi connectivity index (χ1n) is 13.4. The van der Waals surface area contributed by atoms with Crippen LogP contribution in [0.4, 0.5) is 5.82 Å². The van der Waals surface area contributed by atoms with E-state index in [1.165, 1.54) is 0 Å². The quantitative estimate of drug-likeness (QED) is 0.252. The van der Waals surface area contributed by atoms with Crippen LogP contribution < -0.4 is 11.1 Å². The number of nitrogens with one attached hydrogen (secondary N) is 1. The van der Waals surface area contributed by atoms with Gasteiger partial charge in [-0.3, -0.25) is 4.40 Å². The molecule has 1 fully saturated rings. The number of nitrogen functional groups attached to an aromatic ring is 1. The van der Waals surface area contributed by atoms with E-state index in [2.05, 4.69) is 57.2 Å². The van der Waals surface area contributed by atoms with Crippen LogP contribution in [0.2, 0.25) is 0 Å². The highest BCUT2D eigenvalue weighted by molar-refractivity contribution is 5.91. The Labute approximate surface area is 222 Å². The van der Waals surface area contributed by atoms with Gasteiger partial charge in [0.25, 0.3) is 0 Å². The third-order valence-electron chi connectivity index (χ3n) is 7.56. The molecule has 0 atom stereocenters. The maximum atomic E-state index is 11.1. The van der Waals surface area contributed by atoms with Gasteiger partial charge in [0, 0.05) is 41.2 Å². The van der Waals surface area contributed by atoms with Crippen LogP contribution >= 0.6 is 0 Å². The van der Waals surface area contributed by atoms with Crippen LogP contribution in [-0.2, 0) is 4.79 Å². The number of pyridine rings is 1. The summed E-state index contributed by atoms with van der Waals surface area (Å²) in [6.45, 7) is 3.52. The highest BCUT2D eigenvalue weighted by atomic mass is 16.1. The SMILES string of the molecule is CC(=O)CCCNCC1CC(c2nc(-c3ccc4ccc(-c5ccccc5)nc4c3)c3c(N)nccn23)C1. The summed E-state index contributed by atoms with van der Waals surface area (Å²) in [7, 11) is 0. The lowest BCUT2D eigenvalue weighted by molar-refractivity contribution is -0.117. The molecule has 1 saturated carbocycles. The Kier molecular flexibility index (Phi) is 6.60. The molecule has 0 spiro atoms. The number of nitrogens with zero attached hydrogens (tertiary/aromatic N) is 4. The number of Topliss-reactive ketones (excluding diaryl/α,β-unsaturated/α-hetero) is 1. The zero-order chi connectivity index (χ0) is 26.1. The number of nitrogens with two attached hydrogens (primary N) is 1. The summed E-state index contributed by atoms with van der Waals surface area (Å²) in [6, 6.07) is 20.7. The smallest absolute Gasteiger partial charge is 0.150 e. The van der Waals surface area contributed by atoms with E-state index in [4.69, 9.17) is 15.7 Å². The highest BCUT2D eigenvalue weighted by Gasteiger charge is 2.34. The summed E-state index contributed by atoms with van der Waals surface area (Å²) < 4.78 is 2.12. The van der Waals surface area contributed by atoms with E-state index in [-0.39, 0.29) is 5.78 Å². The van der Waals surface area contributed by atoms with Crippen LogP contribution in [0.5, 0.6) is 0 Å². The minimum Gasteiger partial charge on any atom is -0.382 e. The summed E-state index contributed by atoms with van der Waals surface area (Å²) in [5.74, 6) is 2.78. The third-order valence-corrected chi connectivity index (χ3v) is 7.56. The molecule has 3 heterocycles. The fourth-order valence-corrected chi connectivity index (χ4v) is 5.49. The van der Waals surface area contributed by atoms with Gasteiger partial charge in [0.2, 0.25) is 0 Å². The Hall–Kier alpha value is -4.10. The van der Waals surface area contributed by atoms with Gasteiger partial charge in [0.05, 0.1) is 11.2 Å². The van der Waals surface area contributed by atoms with E-state index in [9.17, 15) is 4.79 Å². The topological polar surface area (TPSA) is 98.2 Å². The molecule has 0 saturated heterocycles. The van der Waals surface area contributed by atoms with Crippen molar-refractivity contribution in [2.45, 2.75) is 38.5 Å². The molecule has 7 nitrogen and oxygen atoms in total. The summed E-state index contributed by atoms with van der Waals surface area (Å²) >= 11 is 0. The Morgan fingerprint density at radius 2 is 1.87 bits per heavy atom. The summed E-state index contributed by atoms with van der Waals surface area (Å²) in [5.41, 5.74) is 12.1. The molecular formula is C31H32N6O. The predicted molar refractivity (Wildman–Crippen MR) is 152 cm³/mol. The average molecular weight is 505 g/mol. The van der Waals surface area contributed by atoms with Gasteiger partial charge in [-0.15, -0.1) is 0 Å². The lowest BCUT2D eigenvalue weighted by Crippen LogP contribution is -2.33. The normalized spacial score (nSPS) is 17.1. The summed E-state index contributed by atoms with van der Waals surface area (Å²) in [6.07, 6.45) is 7.44. The number of anilines is 1. The minimum atomic E-state index is 0.255. The zero-order valence-corrected chi connectivity index (χ0v) is 21.6. The molecule has 5 aromatic rings.